The number of methoxy groups -OCH3 is 3. The fourth-order valence-corrected chi connectivity index (χ4v) is 17.0. The largest absolute Gasteiger partial charge is 0.501 e. The summed E-state index contributed by atoms with van der Waals surface area (Å²) < 4.78 is 61.2. The first-order valence-corrected chi connectivity index (χ1v) is 28.6. The van der Waals surface area contributed by atoms with Gasteiger partial charge in [-0.2, -0.15) is 0 Å². The zero-order valence-corrected chi connectivity index (χ0v) is 48.0. The Morgan fingerprint density at radius 3 is 2.05 bits per heavy atom. The first-order chi connectivity index (χ1) is 36.3. The Balaban J connectivity index is 1.40. The van der Waals surface area contributed by atoms with Crippen LogP contribution in [0.15, 0.2) is 133 Å². The predicted molar refractivity (Wildman–Crippen MR) is 296 cm³/mol. The Morgan fingerprint density at radius 1 is 0.842 bits per heavy atom. The molecule has 0 N–H and O–H groups in total. The van der Waals surface area contributed by atoms with E-state index in [1.165, 1.54) is 13.4 Å². The van der Waals surface area contributed by atoms with Gasteiger partial charge in [0, 0.05) is 37.9 Å². The summed E-state index contributed by atoms with van der Waals surface area (Å²) in [6, 6.07) is 28.2. The van der Waals surface area contributed by atoms with Crippen LogP contribution in [-0.4, -0.2) is 105 Å². The number of ether oxygens (including phenoxy) is 9. The van der Waals surface area contributed by atoms with Crippen molar-refractivity contribution in [3.63, 3.8) is 0 Å². The summed E-state index contributed by atoms with van der Waals surface area (Å²) in [5, 5.41) is 1.77. The van der Waals surface area contributed by atoms with Crippen LogP contribution in [0.5, 0.6) is 5.75 Å². The summed E-state index contributed by atoms with van der Waals surface area (Å²) in [6.45, 7) is 22.7. The van der Waals surface area contributed by atoms with E-state index in [4.69, 9.17) is 47.1 Å². The van der Waals surface area contributed by atoms with Crippen LogP contribution < -0.4 is 15.1 Å². The van der Waals surface area contributed by atoms with Crippen LogP contribution in [0.3, 0.4) is 0 Å². The zero-order chi connectivity index (χ0) is 55.3. The molecule has 0 saturated heterocycles. The zero-order valence-electron chi connectivity index (χ0n) is 47.0. The van der Waals surface area contributed by atoms with Crippen molar-refractivity contribution in [3.8, 4) is 5.75 Å². The summed E-state index contributed by atoms with van der Waals surface area (Å²) in [6.07, 6.45) is 7.77. The lowest BCUT2D eigenvalue weighted by atomic mass is 9.49. The first kappa shape index (κ1) is 60.0. The highest BCUT2D eigenvalue weighted by Gasteiger charge is 2.60. The molecule has 3 aromatic rings. The van der Waals surface area contributed by atoms with E-state index in [-0.39, 0.29) is 73.8 Å². The van der Waals surface area contributed by atoms with Crippen molar-refractivity contribution in [2.75, 3.05) is 54.7 Å². The third-order valence-electron chi connectivity index (χ3n) is 15.8. The van der Waals surface area contributed by atoms with Gasteiger partial charge in [-0.3, -0.25) is 9.59 Å². The van der Waals surface area contributed by atoms with Crippen molar-refractivity contribution in [1.29, 1.82) is 0 Å². The summed E-state index contributed by atoms with van der Waals surface area (Å²) >= 11 is 0. The monoisotopic (exact) mass is 1060 g/mol. The van der Waals surface area contributed by atoms with Crippen LogP contribution in [0.1, 0.15) is 87.1 Å². The number of fused-ring (bicyclic) bond motifs is 1. The Hall–Kier alpha value is -5.19. The van der Waals surface area contributed by atoms with Crippen molar-refractivity contribution in [3.05, 3.63) is 139 Å². The van der Waals surface area contributed by atoms with Crippen molar-refractivity contribution in [2.45, 2.75) is 117 Å². The normalized spacial score (nSPS) is 26.8. The van der Waals surface area contributed by atoms with Gasteiger partial charge in [0.25, 0.3) is 8.32 Å². The van der Waals surface area contributed by atoms with Crippen LogP contribution in [-0.2, 0) is 63.3 Å². The van der Waals surface area contributed by atoms with Gasteiger partial charge in [-0.05, 0) is 83.6 Å². The number of carbonyl (C=O) groups is 3. The number of hydrogen-bond donors (Lipinski definition) is 0. The van der Waals surface area contributed by atoms with Gasteiger partial charge >= 0.3 is 11.9 Å². The van der Waals surface area contributed by atoms with Crippen molar-refractivity contribution < 1.29 is 61.4 Å². The molecule has 13 nitrogen and oxygen atoms in total. The molecule has 0 radical (unpaired) electrons. The van der Waals surface area contributed by atoms with Crippen molar-refractivity contribution in [1.82, 2.24) is 0 Å². The molecule has 1 saturated carbocycles. The summed E-state index contributed by atoms with van der Waals surface area (Å²) in [5.41, 5.74) is -0.630. The molecule has 0 aliphatic heterocycles. The molecule has 0 bridgehead atoms. The number of hydrogen-bond acceptors (Lipinski definition) is 13. The maximum Gasteiger partial charge on any atom is 0.351 e. The van der Waals surface area contributed by atoms with Gasteiger partial charge in [0.2, 0.25) is 5.60 Å². The summed E-state index contributed by atoms with van der Waals surface area (Å²) in [5.74, 6) is -2.80. The average Bonchev–Trinajstić information content (AvgIpc) is 3.45. The van der Waals surface area contributed by atoms with Gasteiger partial charge in [0.15, 0.2) is 5.78 Å². The lowest BCUT2D eigenvalue weighted by Gasteiger charge is -2.55. The molecule has 3 aromatic carbocycles. The molecule has 0 aromatic heterocycles. The van der Waals surface area contributed by atoms with E-state index in [0.717, 1.165) is 33.7 Å². The molecule has 14 heteroatoms. The molecule has 3 aliphatic carbocycles. The molecule has 10 atom stereocenters. The maximum atomic E-state index is 15.7. The van der Waals surface area contributed by atoms with Gasteiger partial charge in [-0.15, -0.1) is 0 Å². The Kier molecular flexibility index (Phi) is 21.3. The van der Waals surface area contributed by atoms with Gasteiger partial charge in [-0.25, -0.2) is 4.79 Å². The number of ketones is 1. The molecule has 0 spiro atoms. The molecule has 0 heterocycles. The number of carbonyl (C=O) groups excluding carboxylic acids is 3. The Morgan fingerprint density at radius 2 is 1.47 bits per heavy atom. The molecule has 1 fully saturated rings. The highest BCUT2D eigenvalue weighted by molar-refractivity contribution is 6.99. The van der Waals surface area contributed by atoms with Gasteiger partial charge in [0.05, 0.1) is 64.0 Å². The second-order valence-electron chi connectivity index (χ2n) is 22.3. The minimum Gasteiger partial charge on any atom is -0.501 e. The predicted octanol–water partition coefficient (Wildman–Crippen LogP) is 10.1. The lowest BCUT2D eigenvalue weighted by Crippen LogP contribution is -2.67. The van der Waals surface area contributed by atoms with Crippen LogP contribution in [0.2, 0.25) is 5.04 Å². The summed E-state index contributed by atoms with van der Waals surface area (Å²) in [4.78, 5) is 46.1. The standard InChI is InChI=1S/C62H84O13Si/c1-14-69-39-53-54(71-40-66-11)34-47(38-73-76(60(7,8)9,49-21-17-15-18-22-49)50-23-19-16-20-24-50)36-62(53,59(65)74-42(2)3)75-56(64)35-55(63)61(10)52(43(4)31-32-70-37-46-25-27-48(68-13)28-26-46)30-29-51-57(61)44(5)33-45(6)58(51)72-41-67-12/h14-31,34,42,44-45,51-54,57-58H,1,32-33,35-41H2,2-13H3/b43-31+/t44-,45-,51-,52-,53+,54-,57+,58-,61?,62-/m0/s1. The van der Waals surface area contributed by atoms with E-state index in [2.05, 4.69) is 77.6 Å². The van der Waals surface area contributed by atoms with E-state index >= 15 is 14.4 Å². The second-order valence-corrected chi connectivity index (χ2v) is 26.6. The average molecular weight is 1070 g/mol. The second kappa shape index (κ2) is 26.9. The quantitative estimate of drug-likeness (QED) is 0.0143. The fraction of sp³-hybridized carbons (Fsp3) is 0.532. The summed E-state index contributed by atoms with van der Waals surface area (Å²) in [7, 11) is 1.60. The molecular formula is C62H84O13Si. The van der Waals surface area contributed by atoms with Crippen LogP contribution >= 0.6 is 0 Å². The third-order valence-corrected chi connectivity index (χ3v) is 20.8. The molecule has 76 heavy (non-hydrogen) atoms. The number of allylic oxidation sites excluding steroid dienone is 2. The topological polar surface area (TPSA) is 144 Å². The van der Waals surface area contributed by atoms with Crippen molar-refractivity contribution >= 4 is 36.4 Å². The van der Waals surface area contributed by atoms with Gasteiger partial charge in [0.1, 0.15) is 25.8 Å². The minimum absolute atomic E-state index is 0.0511. The molecule has 414 valence electrons. The number of esters is 2. The van der Waals surface area contributed by atoms with Crippen LogP contribution in [0, 0.1) is 40.9 Å². The highest BCUT2D eigenvalue weighted by Crippen LogP contribution is 2.57. The Labute approximate surface area is 453 Å². The van der Waals surface area contributed by atoms with Gasteiger partial charge < -0.3 is 47.1 Å². The number of benzene rings is 3. The number of rotatable bonds is 26. The first-order valence-electron chi connectivity index (χ1n) is 26.7. The van der Waals surface area contributed by atoms with E-state index in [1.807, 2.05) is 86.7 Å². The van der Waals surface area contributed by atoms with Crippen molar-refractivity contribution in [2.24, 2.45) is 40.9 Å². The fourth-order valence-electron chi connectivity index (χ4n) is 12.5. The molecule has 6 rings (SSSR count). The van der Waals surface area contributed by atoms with Crippen LogP contribution in [0.25, 0.3) is 0 Å². The molecular weight excluding hydrogens is 981 g/mol. The SMILES string of the molecule is C=COC[C@@H]1[C@@H](OCOC)C=C(CO[Si](c2ccccc2)(c2ccccc2)C(C)(C)C)C[C@@]1(OC(=O)CC(=O)C1(C)[C@H]2[C@H](C=C[C@H]1/C(C)=C/COCc1ccc(OC)cc1)[C@@H](OCOC)[C@@H](C)C[C@@H]2C)C(=O)OC(C)C. The smallest absolute Gasteiger partial charge is 0.351 e. The minimum atomic E-state index is -3.13. The lowest BCUT2D eigenvalue weighted by molar-refractivity contribution is -0.207. The Bertz CT molecular complexity index is 2430. The third kappa shape index (κ3) is 13.4. The molecule has 1 unspecified atom stereocenters. The van der Waals surface area contributed by atoms with Crippen LogP contribution in [0.4, 0.5) is 0 Å². The van der Waals surface area contributed by atoms with E-state index in [9.17, 15) is 0 Å². The van der Waals surface area contributed by atoms with E-state index in [0.29, 0.717) is 18.8 Å². The number of Topliss-reactive ketones (excluding diaryl/α,β-unsaturated/α-hetero) is 1. The van der Waals surface area contributed by atoms with E-state index < -0.39 is 61.7 Å². The van der Waals surface area contributed by atoms with Gasteiger partial charge in [-0.1, -0.05) is 151 Å². The molecule has 3 aliphatic rings. The highest BCUT2D eigenvalue weighted by atomic mass is 28.4. The van der Waals surface area contributed by atoms with E-state index in [1.54, 1.807) is 28.1 Å². The maximum absolute atomic E-state index is 15.7. The molecule has 0 amide bonds.